The SMILES string of the molecule is c1cncc(OCC2COCCC23CCN(Cc2ccoc2)CC3)c1. The maximum atomic E-state index is 6.02. The van der Waals surface area contributed by atoms with Crippen LogP contribution in [0.3, 0.4) is 0 Å². The average molecular weight is 342 g/mol. The molecule has 0 amide bonds. The summed E-state index contributed by atoms with van der Waals surface area (Å²) in [4.78, 5) is 6.66. The van der Waals surface area contributed by atoms with Crippen LogP contribution in [0.15, 0.2) is 47.5 Å². The van der Waals surface area contributed by atoms with E-state index in [1.165, 1.54) is 18.4 Å². The molecule has 0 radical (unpaired) electrons. The van der Waals surface area contributed by atoms with Gasteiger partial charge in [-0.15, -0.1) is 0 Å². The minimum Gasteiger partial charge on any atom is -0.492 e. The van der Waals surface area contributed by atoms with Crippen molar-refractivity contribution in [2.24, 2.45) is 11.3 Å². The second kappa shape index (κ2) is 7.58. The smallest absolute Gasteiger partial charge is 0.137 e. The minimum atomic E-state index is 0.355. The first-order chi connectivity index (χ1) is 12.3. The summed E-state index contributed by atoms with van der Waals surface area (Å²) >= 11 is 0. The summed E-state index contributed by atoms with van der Waals surface area (Å²) in [6, 6.07) is 5.94. The van der Waals surface area contributed by atoms with Crippen LogP contribution in [-0.4, -0.2) is 42.8 Å². The molecule has 5 nitrogen and oxygen atoms in total. The van der Waals surface area contributed by atoms with Crippen molar-refractivity contribution in [2.75, 3.05) is 32.9 Å². The van der Waals surface area contributed by atoms with E-state index in [2.05, 4.69) is 16.0 Å². The zero-order valence-corrected chi connectivity index (χ0v) is 14.6. The third-order valence-corrected chi connectivity index (χ3v) is 5.85. The van der Waals surface area contributed by atoms with Crippen molar-refractivity contribution in [3.05, 3.63) is 48.7 Å². The molecule has 0 saturated carbocycles. The van der Waals surface area contributed by atoms with Gasteiger partial charge in [0.05, 0.1) is 31.9 Å². The lowest BCUT2D eigenvalue weighted by molar-refractivity contribution is -0.0864. The number of hydrogen-bond donors (Lipinski definition) is 0. The Kier molecular flexibility index (Phi) is 5.04. The summed E-state index contributed by atoms with van der Waals surface area (Å²) < 4.78 is 17.0. The molecule has 5 heteroatoms. The standard InChI is InChI=1S/C20H26N2O3/c1-2-19(12-21-7-1)25-16-18-15-24-11-6-20(18)4-8-22(9-5-20)13-17-3-10-23-14-17/h1-3,7,10,12,14,18H,4-6,8-9,11,13,15-16H2. The van der Waals surface area contributed by atoms with Gasteiger partial charge >= 0.3 is 0 Å². The molecule has 1 atom stereocenters. The molecule has 25 heavy (non-hydrogen) atoms. The highest BCUT2D eigenvalue weighted by Crippen LogP contribution is 2.45. The van der Waals surface area contributed by atoms with Crippen molar-refractivity contribution >= 4 is 0 Å². The molecule has 2 fully saturated rings. The van der Waals surface area contributed by atoms with E-state index in [4.69, 9.17) is 13.9 Å². The number of nitrogens with zero attached hydrogens (tertiary/aromatic N) is 2. The van der Waals surface area contributed by atoms with Crippen molar-refractivity contribution in [2.45, 2.75) is 25.8 Å². The monoisotopic (exact) mass is 342 g/mol. The highest BCUT2D eigenvalue weighted by atomic mass is 16.5. The van der Waals surface area contributed by atoms with Gasteiger partial charge in [-0.1, -0.05) is 0 Å². The summed E-state index contributed by atoms with van der Waals surface area (Å²) in [6.07, 6.45) is 10.7. The van der Waals surface area contributed by atoms with E-state index in [1.807, 2.05) is 18.4 Å². The van der Waals surface area contributed by atoms with Gasteiger partial charge in [0.1, 0.15) is 5.75 Å². The largest absolute Gasteiger partial charge is 0.492 e. The second-order valence-corrected chi connectivity index (χ2v) is 7.29. The number of aromatic nitrogens is 1. The molecule has 2 aliphatic rings. The van der Waals surface area contributed by atoms with Crippen LogP contribution in [0, 0.1) is 11.3 Å². The molecule has 134 valence electrons. The maximum absolute atomic E-state index is 6.02. The van der Waals surface area contributed by atoms with Crippen LogP contribution in [0.2, 0.25) is 0 Å². The Balaban J connectivity index is 1.35. The predicted molar refractivity (Wildman–Crippen MR) is 94.3 cm³/mol. The molecule has 0 N–H and O–H groups in total. The van der Waals surface area contributed by atoms with Crippen LogP contribution in [0.25, 0.3) is 0 Å². The normalized spacial score (nSPS) is 23.6. The minimum absolute atomic E-state index is 0.355. The number of likely N-dealkylation sites (tertiary alicyclic amines) is 1. The van der Waals surface area contributed by atoms with E-state index in [-0.39, 0.29) is 0 Å². The molecule has 1 unspecified atom stereocenters. The molecule has 4 heterocycles. The molecule has 1 spiro atoms. The maximum Gasteiger partial charge on any atom is 0.137 e. The third-order valence-electron chi connectivity index (χ3n) is 5.85. The number of hydrogen-bond acceptors (Lipinski definition) is 5. The van der Waals surface area contributed by atoms with E-state index in [0.29, 0.717) is 17.9 Å². The van der Waals surface area contributed by atoms with Crippen LogP contribution < -0.4 is 4.74 Å². The number of piperidine rings is 1. The van der Waals surface area contributed by atoms with Gasteiger partial charge in [-0.3, -0.25) is 9.88 Å². The van der Waals surface area contributed by atoms with Crippen molar-refractivity contribution in [3.63, 3.8) is 0 Å². The summed E-state index contributed by atoms with van der Waals surface area (Å²) in [5, 5.41) is 0. The Morgan fingerprint density at radius 3 is 2.92 bits per heavy atom. The number of furan rings is 1. The van der Waals surface area contributed by atoms with Gasteiger partial charge in [-0.05, 0) is 56.0 Å². The fourth-order valence-electron chi connectivity index (χ4n) is 4.19. The summed E-state index contributed by atoms with van der Waals surface area (Å²) in [5.41, 5.74) is 1.62. The fraction of sp³-hybridized carbons (Fsp3) is 0.550. The number of ether oxygens (including phenoxy) is 2. The average Bonchev–Trinajstić information content (AvgIpc) is 3.17. The van der Waals surface area contributed by atoms with Crippen molar-refractivity contribution in [1.82, 2.24) is 9.88 Å². The van der Waals surface area contributed by atoms with Crippen molar-refractivity contribution in [1.29, 1.82) is 0 Å². The molecule has 0 aliphatic carbocycles. The van der Waals surface area contributed by atoms with E-state index >= 15 is 0 Å². The Labute approximate surface area is 148 Å². The van der Waals surface area contributed by atoms with E-state index in [9.17, 15) is 0 Å². The van der Waals surface area contributed by atoms with E-state index in [1.54, 1.807) is 18.7 Å². The Hall–Kier alpha value is -1.85. The summed E-state index contributed by atoms with van der Waals surface area (Å²) in [5.74, 6) is 1.30. The van der Waals surface area contributed by atoms with Crippen molar-refractivity contribution < 1.29 is 13.9 Å². The van der Waals surface area contributed by atoms with E-state index in [0.717, 1.165) is 45.0 Å². The Bertz CT molecular complexity index is 636. The van der Waals surface area contributed by atoms with Gasteiger partial charge in [-0.2, -0.15) is 0 Å². The fourth-order valence-corrected chi connectivity index (χ4v) is 4.19. The first-order valence-corrected chi connectivity index (χ1v) is 9.18. The molecule has 4 rings (SSSR count). The number of pyridine rings is 1. The molecule has 0 aromatic carbocycles. The third kappa shape index (κ3) is 3.88. The molecule has 2 aromatic rings. The van der Waals surface area contributed by atoms with Crippen LogP contribution in [0.4, 0.5) is 0 Å². The topological polar surface area (TPSA) is 47.7 Å². The molecule has 2 aromatic heterocycles. The summed E-state index contributed by atoms with van der Waals surface area (Å²) in [7, 11) is 0. The van der Waals surface area contributed by atoms with Gasteiger partial charge in [0.2, 0.25) is 0 Å². The summed E-state index contributed by atoms with van der Waals surface area (Å²) in [6.45, 7) is 5.66. The van der Waals surface area contributed by atoms with Crippen LogP contribution >= 0.6 is 0 Å². The van der Waals surface area contributed by atoms with Crippen LogP contribution in [0.1, 0.15) is 24.8 Å². The molecular formula is C20H26N2O3. The highest BCUT2D eigenvalue weighted by molar-refractivity contribution is 5.15. The Morgan fingerprint density at radius 1 is 1.24 bits per heavy atom. The zero-order valence-electron chi connectivity index (χ0n) is 14.6. The lowest BCUT2D eigenvalue weighted by Crippen LogP contribution is -2.49. The zero-order chi connectivity index (χ0) is 17.0. The molecular weight excluding hydrogens is 316 g/mol. The van der Waals surface area contributed by atoms with E-state index < -0.39 is 0 Å². The number of rotatable bonds is 5. The predicted octanol–water partition coefficient (Wildman–Crippen LogP) is 3.37. The quantitative estimate of drug-likeness (QED) is 0.834. The van der Waals surface area contributed by atoms with Gasteiger partial charge in [0.15, 0.2) is 0 Å². The van der Waals surface area contributed by atoms with Gasteiger partial charge < -0.3 is 13.9 Å². The lowest BCUT2D eigenvalue weighted by Gasteiger charge is -2.48. The van der Waals surface area contributed by atoms with Crippen LogP contribution in [0.5, 0.6) is 5.75 Å². The second-order valence-electron chi connectivity index (χ2n) is 7.29. The highest BCUT2D eigenvalue weighted by Gasteiger charge is 2.43. The molecule has 0 bridgehead atoms. The molecule has 2 saturated heterocycles. The van der Waals surface area contributed by atoms with Gasteiger partial charge in [0, 0.05) is 30.8 Å². The van der Waals surface area contributed by atoms with Gasteiger partial charge in [0.25, 0.3) is 0 Å². The van der Waals surface area contributed by atoms with Gasteiger partial charge in [-0.25, -0.2) is 0 Å². The molecule has 2 aliphatic heterocycles. The van der Waals surface area contributed by atoms with Crippen LogP contribution in [-0.2, 0) is 11.3 Å². The first-order valence-electron chi connectivity index (χ1n) is 9.18. The lowest BCUT2D eigenvalue weighted by atomic mass is 9.66. The Morgan fingerprint density at radius 2 is 2.16 bits per heavy atom. The first kappa shape index (κ1) is 16.6. The van der Waals surface area contributed by atoms with Crippen molar-refractivity contribution in [3.8, 4) is 5.75 Å².